The molecule has 0 spiro atoms. The number of ether oxygens (including phenoxy) is 1. The zero-order chi connectivity index (χ0) is 27.4. The van der Waals surface area contributed by atoms with E-state index in [2.05, 4.69) is 11.1 Å². The summed E-state index contributed by atoms with van der Waals surface area (Å²) in [4.78, 5) is 32.0. The van der Waals surface area contributed by atoms with Crippen LogP contribution in [0.2, 0.25) is 5.02 Å². The lowest BCUT2D eigenvalue weighted by Crippen LogP contribution is -2.31. The molecule has 8 heteroatoms. The first-order chi connectivity index (χ1) is 18.9. The number of imidazole rings is 1. The summed E-state index contributed by atoms with van der Waals surface area (Å²) in [5.74, 6) is -0.981. The van der Waals surface area contributed by atoms with Gasteiger partial charge < -0.3 is 19.3 Å². The first-order valence-electron chi connectivity index (χ1n) is 12.7. The van der Waals surface area contributed by atoms with E-state index in [1.54, 1.807) is 61.1 Å². The number of aryl methyl sites for hydroxylation is 2. The second kappa shape index (κ2) is 11.6. The summed E-state index contributed by atoms with van der Waals surface area (Å²) in [6.45, 7) is 3.39. The van der Waals surface area contributed by atoms with Gasteiger partial charge in [0.1, 0.15) is 18.1 Å². The Morgan fingerprint density at radius 2 is 1.82 bits per heavy atom. The number of aromatic nitrogens is 2. The van der Waals surface area contributed by atoms with Crippen LogP contribution in [0.4, 0.5) is 0 Å². The van der Waals surface area contributed by atoms with Gasteiger partial charge in [0, 0.05) is 36.1 Å². The topological polar surface area (TPSA) is 84.7 Å². The zero-order valence-electron chi connectivity index (χ0n) is 21.5. The highest BCUT2D eigenvalue weighted by Crippen LogP contribution is 2.40. The molecule has 3 aromatic carbocycles. The van der Waals surface area contributed by atoms with Gasteiger partial charge in [0.25, 0.3) is 11.7 Å². The SMILES string of the molecule is Cc1cccc(COc2ccc(C(O)=C3C(=O)C(=O)N(CCCn4ccnc4)C3c3cccc(Cl)c3)cc2)c1. The van der Waals surface area contributed by atoms with E-state index in [1.807, 2.05) is 35.9 Å². The van der Waals surface area contributed by atoms with Gasteiger partial charge in [-0.15, -0.1) is 0 Å². The highest BCUT2D eigenvalue weighted by atomic mass is 35.5. The predicted molar refractivity (Wildman–Crippen MR) is 149 cm³/mol. The number of carbonyl (C=O) groups is 2. The molecule has 1 fully saturated rings. The summed E-state index contributed by atoms with van der Waals surface area (Å²) < 4.78 is 7.80. The number of rotatable bonds is 9. The van der Waals surface area contributed by atoms with Crippen LogP contribution < -0.4 is 4.74 Å². The molecule has 1 atom stereocenters. The number of benzene rings is 3. The maximum Gasteiger partial charge on any atom is 0.295 e. The molecule has 1 aromatic heterocycles. The molecule has 1 N–H and O–H groups in total. The molecule has 5 rings (SSSR count). The number of nitrogens with zero attached hydrogens (tertiary/aromatic N) is 3. The van der Waals surface area contributed by atoms with Crippen molar-refractivity contribution in [3.8, 4) is 5.75 Å². The Hall–Kier alpha value is -4.36. The minimum atomic E-state index is -0.760. The maximum absolute atomic E-state index is 13.3. The number of amides is 1. The fourth-order valence-electron chi connectivity index (χ4n) is 4.81. The predicted octanol–water partition coefficient (Wildman–Crippen LogP) is 5.94. The molecule has 4 aromatic rings. The van der Waals surface area contributed by atoms with E-state index >= 15 is 0 Å². The number of aliphatic hydroxyl groups excluding tert-OH is 1. The van der Waals surface area contributed by atoms with Crippen LogP contribution in [0.25, 0.3) is 5.76 Å². The number of aliphatic hydroxyl groups is 1. The maximum atomic E-state index is 13.3. The summed E-state index contributed by atoms with van der Waals surface area (Å²) in [7, 11) is 0. The quantitative estimate of drug-likeness (QED) is 0.161. The third-order valence-corrected chi connectivity index (χ3v) is 6.93. The molecule has 1 amide bonds. The van der Waals surface area contributed by atoms with Gasteiger partial charge in [0.05, 0.1) is 17.9 Å². The number of Topliss-reactive ketones (excluding diaryl/α,β-unsaturated/α-hetero) is 1. The molecular formula is C31H28ClN3O4. The van der Waals surface area contributed by atoms with Crippen molar-refractivity contribution >= 4 is 29.1 Å². The van der Waals surface area contributed by atoms with Crippen LogP contribution in [-0.4, -0.2) is 37.8 Å². The Morgan fingerprint density at radius 3 is 2.54 bits per heavy atom. The van der Waals surface area contributed by atoms with Crippen molar-refractivity contribution in [3.05, 3.63) is 124 Å². The van der Waals surface area contributed by atoms with Crippen molar-refractivity contribution in [2.24, 2.45) is 0 Å². The van der Waals surface area contributed by atoms with Crippen LogP contribution in [0, 0.1) is 6.92 Å². The molecule has 0 aliphatic carbocycles. The van der Waals surface area contributed by atoms with Gasteiger partial charge in [-0.25, -0.2) is 4.98 Å². The third kappa shape index (κ3) is 5.89. The Labute approximate surface area is 231 Å². The van der Waals surface area contributed by atoms with Crippen molar-refractivity contribution in [1.29, 1.82) is 0 Å². The average Bonchev–Trinajstić information content (AvgIpc) is 3.54. The first kappa shape index (κ1) is 26.3. The van der Waals surface area contributed by atoms with E-state index in [0.29, 0.717) is 48.0 Å². The molecule has 39 heavy (non-hydrogen) atoms. The number of halogens is 1. The summed E-state index contributed by atoms with van der Waals surface area (Å²) in [5, 5.41) is 11.8. The van der Waals surface area contributed by atoms with Crippen LogP contribution >= 0.6 is 11.6 Å². The molecule has 1 aliphatic rings. The normalized spacial score (nSPS) is 16.6. The minimum Gasteiger partial charge on any atom is -0.507 e. The second-order valence-corrected chi connectivity index (χ2v) is 9.94. The second-order valence-electron chi connectivity index (χ2n) is 9.50. The zero-order valence-corrected chi connectivity index (χ0v) is 22.2. The molecular weight excluding hydrogens is 514 g/mol. The minimum absolute atomic E-state index is 0.0401. The van der Waals surface area contributed by atoms with Crippen LogP contribution in [-0.2, 0) is 22.7 Å². The lowest BCUT2D eigenvalue weighted by atomic mass is 9.95. The van der Waals surface area contributed by atoms with Crippen LogP contribution in [0.5, 0.6) is 5.75 Å². The number of carbonyl (C=O) groups excluding carboxylic acids is 2. The van der Waals surface area contributed by atoms with E-state index in [0.717, 1.165) is 11.1 Å². The molecule has 1 aliphatic heterocycles. The summed E-state index contributed by atoms with van der Waals surface area (Å²) in [6.07, 6.45) is 5.85. The Morgan fingerprint density at radius 1 is 1.03 bits per heavy atom. The lowest BCUT2D eigenvalue weighted by Gasteiger charge is -2.25. The van der Waals surface area contributed by atoms with E-state index in [1.165, 1.54) is 4.90 Å². The monoisotopic (exact) mass is 541 g/mol. The van der Waals surface area contributed by atoms with Crippen LogP contribution in [0.3, 0.4) is 0 Å². The van der Waals surface area contributed by atoms with Gasteiger partial charge in [-0.1, -0.05) is 53.6 Å². The van der Waals surface area contributed by atoms with E-state index in [-0.39, 0.29) is 11.3 Å². The van der Waals surface area contributed by atoms with E-state index in [4.69, 9.17) is 16.3 Å². The molecule has 0 saturated carbocycles. The summed E-state index contributed by atoms with van der Waals surface area (Å²) >= 11 is 6.27. The lowest BCUT2D eigenvalue weighted by molar-refractivity contribution is -0.139. The Bertz CT molecular complexity index is 1510. The van der Waals surface area contributed by atoms with Gasteiger partial charge in [0.15, 0.2) is 0 Å². The fraction of sp³-hybridized carbons (Fsp3) is 0.194. The van der Waals surface area contributed by atoms with Gasteiger partial charge in [0.2, 0.25) is 0 Å². The molecule has 1 unspecified atom stereocenters. The van der Waals surface area contributed by atoms with E-state index < -0.39 is 17.7 Å². The molecule has 0 radical (unpaired) electrons. The van der Waals surface area contributed by atoms with Crippen molar-refractivity contribution in [3.63, 3.8) is 0 Å². The highest BCUT2D eigenvalue weighted by molar-refractivity contribution is 6.46. The van der Waals surface area contributed by atoms with Crippen molar-refractivity contribution < 1.29 is 19.4 Å². The van der Waals surface area contributed by atoms with Crippen LogP contribution in [0.15, 0.2) is 97.1 Å². The van der Waals surface area contributed by atoms with Crippen molar-refractivity contribution in [2.45, 2.75) is 32.5 Å². The fourth-order valence-corrected chi connectivity index (χ4v) is 5.01. The Balaban J connectivity index is 1.41. The molecule has 7 nitrogen and oxygen atoms in total. The van der Waals surface area contributed by atoms with Crippen LogP contribution in [0.1, 0.15) is 34.7 Å². The first-order valence-corrected chi connectivity index (χ1v) is 13.1. The number of hydrogen-bond donors (Lipinski definition) is 1. The third-order valence-electron chi connectivity index (χ3n) is 6.69. The van der Waals surface area contributed by atoms with Crippen molar-refractivity contribution in [2.75, 3.05) is 6.54 Å². The van der Waals surface area contributed by atoms with Gasteiger partial charge in [-0.3, -0.25) is 9.59 Å². The smallest absolute Gasteiger partial charge is 0.295 e. The molecule has 0 bridgehead atoms. The highest BCUT2D eigenvalue weighted by Gasteiger charge is 2.45. The van der Waals surface area contributed by atoms with E-state index in [9.17, 15) is 14.7 Å². The largest absolute Gasteiger partial charge is 0.507 e. The average molecular weight is 542 g/mol. The van der Waals surface area contributed by atoms with Crippen molar-refractivity contribution in [1.82, 2.24) is 14.5 Å². The molecule has 1 saturated heterocycles. The molecule has 198 valence electrons. The molecule has 2 heterocycles. The number of likely N-dealkylation sites (tertiary alicyclic amines) is 1. The number of hydrogen-bond acceptors (Lipinski definition) is 5. The van der Waals surface area contributed by atoms with Gasteiger partial charge in [-0.2, -0.15) is 0 Å². The van der Waals surface area contributed by atoms with Gasteiger partial charge >= 0.3 is 0 Å². The summed E-state index contributed by atoms with van der Waals surface area (Å²) in [5.41, 5.74) is 3.32. The summed E-state index contributed by atoms with van der Waals surface area (Å²) in [6, 6.07) is 21.2. The Kier molecular flexibility index (Phi) is 7.79. The number of ketones is 1. The van der Waals surface area contributed by atoms with Gasteiger partial charge in [-0.05, 0) is 60.9 Å². The standard InChI is InChI=1S/C31H28ClN3O4/c1-21-5-2-6-22(17-21)19-39-26-11-9-23(10-12-26)29(36)27-28(24-7-3-8-25(32)18-24)35(31(38)30(27)37)15-4-14-34-16-13-33-20-34/h2-3,5-13,16-18,20,28,36H,4,14-15,19H2,1H3.